The van der Waals surface area contributed by atoms with Crippen LogP contribution in [0.4, 0.5) is 0 Å². The fourth-order valence-corrected chi connectivity index (χ4v) is 4.63. The first-order chi connectivity index (χ1) is 16.9. The molecule has 0 aliphatic heterocycles. The van der Waals surface area contributed by atoms with Crippen LogP contribution >= 0.6 is 38.5 Å². The smallest absolute Gasteiger partial charge is 0.282 e. The number of hydrogen-bond donors (Lipinski definition) is 0. The van der Waals surface area contributed by atoms with E-state index in [4.69, 9.17) is 9.47 Å². The van der Waals surface area contributed by atoms with E-state index in [0.29, 0.717) is 40.4 Å². The fraction of sp³-hybridized carbons (Fsp3) is 0.154. The van der Waals surface area contributed by atoms with E-state index < -0.39 is 0 Å². The number of rotatable bonds is 7. The summed E-state index contributed by atoms with van der Waals surface area (Å²) in [6.45, 7) is 4.32. The first kappa shape index (κ1) is 24.9. The van der Waals surface area contributed by atoms with Crippen LogP contribution in [0.5, 0.6) is 11.5 Å². The Balaban J connectivity index is 1.66. The van der Waals surface area contributed by atoms with Crippen LogP contribution in [0.2, 0.25) is 0 Å². The van der Waals surface area contributed by atoms with Crippen molar-refractivity contribution in [3.63, 3.8) is 0 Å². The lowest BCUT2D eigenvalue weighted by Crippen LogP contribution is -2.20. The molecule has 3 aromatic carbocycles. The standard InChI is InChI=1S/C26H20BrIN4O3/c1-3-34-24-11-17(10-22(28)25(24)35-15-19-7-5-4-6-18(19)13-29)14-30-32-16(2)31-23-9-8-20(27)12-21(23)26(32)33/h4-12,14H,3,15H2,1-2H3. The normalized spacial score (nSPS) is 11.1. The largest absolute Gasteiger partial charge is 0.490 e. The molecule has 0 spiro atoms. The number of nitrogens with zero attached hydrogens (tertiary/aromatic N) is 4. The van der Waals surface area contributed by atoms with Crippen LogP contribution in [0.3, 0.4) is 0 Å². The molecule has 0 aliphatic carbocycles. The van der Waals surface area contributed by atoms with E-state index in [1.807, 2.05) is 43.3 Å². The summed E-state index contributed by atoms with van der Waals surface area (Å²) in [6, 6.07) is 18.6. The van der Waals surface area contributed by atoms with Gasteiger partial charge in [0.25, 0.3) is 5.56 Å². The molecule has 0 saturated carbocycles. The minimum Gasteiger partial charge on any atom is -0.490 e. The third-order valence-electron chi connectivity index (χ3n) is 5.13. The van der Waals surface area contributed by atoms with E-state index in [-0.39, 0.29) is 12.2 Å². The summed E-state index contributed by atoms with van der Waals surface area (Å²) < 4.78 is 14.8. The van der Waals surface area contributed by atoms with Crippen molar-refractivity contribution in [1.29, 1.82) is 5.26 Å². The van der Waals surface area contributed by atoms with Crippen molar-refractivity contribution in [2.45, 2.75) is 20.5 Å². The van der Waals surface area contributed by atoms with E-state index in [0.717, 1.165) is 19.2 Å². The van der Waals surface area contributed by atoms with Gasteiger partial charge in [-0.2, -0.15) is 15.0 Å². The van der Waals surface area contributed by atoms with Gasteiger partial charge >= 0.3 is 0 Å². The maximum absolute atomic E-state index is 13.0. The monoisotopic (exact) mass is 642 g/mol. The predicted octanol–water partition coefficient (Wildman–Crippen LogP) is 5.80. The second-order valence-electron chi connectivity index (χ2n) is 7.50. The second-order valence-corrected chi connectivity index (χ2v) is 9.58. The average Bonchev–Trinajstić information content (AvgIpc) is 2.84. The van der Waals surface area contributed by atoms with Gasteiger partial charge in [0, 0.05) is 10.0 Å². The van der Waals surface area contributed by atoms with Crippen molar-refractivity contribution >= 4 is 55.6 Å². The highest BCUT2D eigenvalue weighted by atomic mass is 127. The molecule has 0 bridgehead atoms. The third kappa shape index (κ3) is 5.55. The van der Waals surface area contributed by atoms with Gasteiger partial charge in [-0.15, -0.1) is 0 Å². The molecule has 0 amide bonds. The number of aromatic nitrogens is 2. The number of nitriles is 1. The van der Waals surface area contributed by atoms with Crippen LogP contribution in [0.25, 0.3) is 10.9 Å². The van der Waals surface area contributed by atoms with E-state index in [2.05, 4.69) is 54.7 Å². The molecule has 0 fully saturated rings. The van der Waals surface area contributed by atoms with Crippen LogP contribution in [0, 0.1) is 21.8 Å². The lowest BCUT2D eigenvalue weighted by Gasteiger charge is -2.15. The van der Waals surface area contributed by atoms with Crippen LogP contribution in [-0.4, -0.2) is 22.5 Å². The van der Waals surface area contributed by atoms with E-state index >= 15 is 0 Å². The van der Waals surface area contributed by atoms with Gasteiger partial charge in [-0.25, -0.2) is 4.98 Å². The van der Waals surface area contributed by atoms with Gasteiger partial charge in [-0.1, -0.05) is 34.1 Å². The zero-order valence-electron chi connectivity index (χ0n) is 19.0. The molecule has 0 saturated heterocycles. The maximum atomic E-state index is 13.0. The van der Waals surface area contributed by atoms with Crippen LogP contribution in [-0.2, 0) is 6.61 Å². The average molecular weight is 643 g/mol. The van der Waals surface area contributed by atoms with Crippen LogP contribution in [0.15, 0.2) is 69.0 Å². The van der Waals surface area contributed by atoms with Crippen LogP contribution in [0.1, 0.15) is 29.4 Å². The van der Waals surface area contributed by atoms with Crippen molar-refractivity contribution < 1.29 is 9.47 Å². The molecule has 1 aromatic heterocycles. The predicted molar refractivity (Wildman–Crippen MR) is 147 cm³/mol. The van der Waals surface area contributed by atoms with Crippen molar-refractivity contribution in [3.8, 4) is 17.6 Å². The fourth-order valence-electron chi connectivity index (χ4n) is 3.49. The molecule has 0 radical (unpaired) electrons. The molecule has 0 atom stereocenters. The Kier molecular flexibility index (Phi) is 7.83. The lowest BCUT2D eigenvalue weighted by molar-refractivity contribution is 0.267. The molecule has 1 heterocycles. The molecule has 176 valence electrons. The highest BCUT2D eigenvalue weighted by molar-refractivity contribution is 14.1. The molecule has 0 unspecified atom stereocenters. The molecule has 7 nitrogen and oxygen atoms in total. The summed E-state index contributed by atoms with van der Waals surface area (Å²) in [5.74, 6) is 1.62. The first-order valence-electron chi connectivity index (χ1n) is 10.7. The summed E-state index contributed by atoms with van der Waals surface area (Å²) >= 11 is 5.58. The topological polar surface area (TPSA) is 89.5 Å². The van der Waals surface area contributed by atoms with Gasteiger partial charge in [0.15, 0.2) is 11.5 Å². The number of fused-ring (bicyclic) bond motifs is 1. The van der Waals surface area contributed by atoms with Gasteiger partial charge in [0.1, 0.15) is 12.4 Å². The highest BCUT2D eigenvalue weighted by Gasteiger charge is 2.14. The summed E-state index contributed by atoms with van der Waals surface area (Å²) in [5.41, 5.74) is 2.48. The van der Waals surface area contributed by atoms with E-state index in [1.165, 1.54) is 4.68 Å². The number of halogens is 2. The first-order valence-corrected chi connectivity index (χ1v) is 12.6. The summed E-state index contributed by atoms with van der Waals surface area (Å²) in [6.07, 6.45) is 1.60. The van der Waals surface area contributed by atoms with Gasteiger partial charge in [0.05, 0.1) is 38.9 Å². The Hall–Kier alpha value is -3.23. The van der Waals surface area contributed by atoms with E-state index in [1.54, 1.807) is 31.3 Å². The zero-order valence-corrected chi connectivity index (χ0v) is 22.7. The Bertz CT molecular complexity index is 1540. The van der Waals surface area contributed by atoms with Crippen molar-refractivity contribution in [1.82, 2.24) is 9.66 Å². The minimum absolute atomic E-state index is 0.236. The van der Waals surface area contributed by atoms with Crippen molar-refractivity contribution in [2.24, 2.45) is 5.10 Å². The van der Waals surface area contributed by atoms with Crippen LogP contribution < -0.4 is 15.0 Å². The van der Waals surface area contributed by atoms with Gasteiger partial charge in [-0.3, -0.25) is 4.79 Å². The van der Waals surface area contributed by atoms with Gasteiger partial charge in [-0.05, 0) is 78.4 Å². The number of benzene rings is 3. The van der Waals surface area contributed by atoms with E-state index in [9.17, 15) is 10.1 Å². The van der Waals surface area contributed by atoms with Gasteiger partial charge in [0.2, 0.25) is 0 Å². The van der Waals surface area contributed by atoms with Gasteiger partial charge < -0.3 is 9.47 Å². The second kappa shape index (κ2) is 11.0. The summed E-state index contributed by atoms with van der Waals surface area (Å²) in [5, 5.41) is 14.2. The summed E-state index contributed by atoms with van der Waals surface area (Å²) in [4.78, 5) is 17.5. The number of ether oxygens (including phenoxy) is 2. The number of hydrogen-bond acceptors (Lipinski definition) is 6. The quantitative estimate of drug-likeness (QED) is 0.188. The van der Waals surface area contributed by atoms with Crippen molar-refractivity contribution in [2.75, 3.05) is 6.61 Å². The molecule has 0 N–H and O–H groups in total. The molecule has 4 aromatic rings. The SMILES string of the molecule is CCOc1cc(C=Nn2c(C)nc3ccc(Br)cc3c2=O)cc(I)c1OCc1ccccc1C#N. The Morgan fingerprint density at radius 3 is 2.77 bits per heavy atom. The lowest BCUT2D eigenvalue weighted by atomic mass is 10.1. The highest BCUT2D eigenvalue weighted by Crippen LogP contribution is 2.34. The Labute approximate surface area is 224 Å². The molecule has 35 heavy (non-hydrogen) atoms. The Morgan fingerprint density at radius 2 is 2.00 bits per heavy atom. The Morgan fingerprint density at radius 1 is 1.20 bits per heavy atom. The molecule has 9 heteroatoms. The summed E-state index contributed by atoms with van der Waals surface area (Å²) in [7, 11) is 0. The maximum Gasteiger partial charge on any atom is 0.282 e. The molecule has 0 aliphatic rings. The molecular formula is C26H20BrIN4O3. The minimum atomic E-state index is -0.249. The number of aryl methyl sites for hydroxylation is 1. The van der Waals surface area contributed by atoms with Crippen molar-refractivity contribution in [3.05, 3.63) is 95.5 Å². The zero-order chi connectivity index (χ0) is 24.9. The molecular weight excluding hydrogens is 623 g/mol. The third-order valence-corrected chi connectivity index (χ3v) is 6.43. The molecule has 4 rings (SSSR count).